The van der Waals surface area contributed by atoms with E-state index in [4.69, 9.17) is 9.47 Å². The Bertz CT molecular complexity index is 1040. The number of hydrogen-bond acceptors (Lipinski definition) is 5. The first kappa shape index (κ1) is 21.2. The number of anilines is 1. The summed E-state index contributed by atoms with van der Waals surface area (Å²) in [6.07, 6.45) is 0. The summed E-state index contributed by atoms with van der Waals surface area (Å²) in [5.74, 6) is 0.0329. The van der Waals surface area contributed by atoms with Crippen molar-refractivity contribution in [2.24, 2.45) is 0 Å². The Labute approximate surface area is 176 Å². The van der Waals surface area contributed by atoms with Crippen molar-refractivity contribution in [3.8, 4) is 5.75 Å². The van der Waals surface area contributed by atoms with Gasteiger partial charge in [0.1, 0.15) is 5.75 Å². The summed E-state index contributed by atoms with van der Waals surface area (Å²) in [5, 5.41) is 2.14. The summed E-state index contributed by atoms with van der Waals surface area (Å²) in [5.41, 5.74) is 2.39. The van der Waals surface area contributed by atoms with E-state index in [0.717, 1.165) is 27.8 Å². The first-order chi connectivity index (χ1) is 14.4. The van der Waals surface area contributed by atoms with E-state index in [9.17, 15) is 9.59 Å². The zero-order valence-corrected chi connectivity index (χ0v) is 17.7. The van der Waals surface area contributed by atoms with Gasteiger partial charge in [0.15, 0.2) is 6.61 Å². The second-order valence-electron chi connectivity index (χ2n) is 7.31. The van der Waals surface area contributed by atoms with Crippen LogP contribution < -0.4 is 9.64 Å². The van der Waals surface area contributed by atoms with Gasteiger partial charge >= 0.3 is 5.97 Å². The monoisotopic (exact) mass is 406 g/mol. The zero-order valence-electron chi connectivity index (χ0n) is 17.7. The minimum atomic E-state index is -0.512. The van der Waals surface area contributed by atoms with Crippen LogP contribution in [-0.4, -0.2) is 51.6 Å². The average molecular weight is 406 g/mol. The van der Waals surface area contributed by atoms with Crippen LogP contribution in [0.4, 0.5) is 5.69 Å². The molecule has 6 nitrogen and oxygen atoms in total. The van der Waals surface area contributed by atoms with Gasteiger partial charge < -0.3 is 19.3 Å². The normalized spacial score (nSPS) is 10.5. The summed E-state index contributed by atoms with van der Waals surface area (Å²) >= 11 is 0. The number of carbonyl (C=O) groups excluding carboxylic acids is 2. The molecule has 0 aromatic heterocycles. The molecule has 0 heterocycles. The Morgan fingerprint density at radius 2 is 1.53 bits per heavy atom. The maximum Gasteiger partial charge on any atom is 0.338 e. The van der Waals surface area contributed by atoms with E-state index < -0.39 is 5.97 Å². The number of esters is 1. The molecule has 0 unspecified atom stereocenters. The second kappa shape index (κ2) is 9.31. The van der Waals surface area contributed by atoms with Gasteiger partial charge in [0.05, 0.1) is 12.7 Å². The minimum absolute atomic E-state index is 0.261. The lowest BCUT2D eigenvalue weighted by Gasteiger charge is -2.18. The molecular weight excluding hydrogens is 380 g/mol. The summed E-state index contributed by atoms with van der Waals surface area (Å²) in [7, 11) is 7.18. The van der Waals surface area contributed by atoms with Gasteiger partial charge in [0.2, 0.25) is 0 Å². The highest BCUT2D eigenvalue weighted by atomic mass is 16.5. The van der Waals surface area contributed by atoms with Crippen molar-refractivity contribution in [1.82, 2.24) is 4.90 Å². The molecule has 0 bridgehead atoms. The number of hydrogen-bond donors (Lipinski definition) is 0. The summed E-state index contributed by atoms with van der Waals surface area (Å²) in [6, 6.07) is 18.9. The van der Waals surface area contributed by atoms with Crippen molar-refractivity contribution in [2.75, 3.05) is 39.8 Å². The highest BCUT2D eigenvalue weighted by Crippen LogP contribution is 2.22. The second-order valence-corrected chi connectivity index (χ2v) is 7.31. The third-order valence-electron chi connectivity index (χ3n) is 4.90. The third kappa shape index (κ3) is 5.08. The van der Waals surface area contributed by atoms with Gasteiger partial charge in [-0.15, -0.1) is 0 Å². The Morgan fingerprint density at radius 3 is 2.20 bits per heavy atom. The molecule has 30 heavy (non-hydrogen) atoms. The van der Waals surface area contributed by atoms with E-state index in [1.54, 1.807) is 31.2 Å². The zero-order chi connectivity index (χ0) is 21.7. The molecule has 0 saturated heterocycles. The van der Waals surface area contributed by atoms with E-state index in [0.29, 0.717) is 12.1 Å². The van der Waals surface area contributed by atoms with Crippen LogP contribution in [0.2, 0.25) is 0 Å². The van der Waals surface area contributed by atoms with Crippen molar-refractivity contribution < 1.29 is 19.1 Å². The highest BCUT2D eigenvalue weighted by molar-refractivity contribution is 5.91. The Hall–Kier alpha value is -3.54. The van der Waals surface area contributed by atoms with Crippen LogP contribution in [0.25, 0.3) is 10.8 Å². The minimum Gasteiger partial charge on any atom is -0.497 e. The number of nitrogens with zero attached hydrogens (tertiary/aromatic N) is 2. The smallest absolute Gasteiger partial charge is 0.338 e. The van der Waals surface area contributed by atoms with Gasteiger partial charge in [-0.2, -0.15) is 0 Å². The van der Waals surface area contributed by atoms with Crippen LogP contribution >= 0.6 is 0 Å². The van der Waals surface area contributed by atoms with Crippen LogP contribution in [0.1, 0.15) is 15.9 Å². The van der Waals surface area contributed by atoms with Gasteiger partial charge in [-0.05, 0) is 58.8 Å². The van der Waals surface area contributed by atoms with Gasteiger partial charge in [0, 0.05) is 33.4 Å². The van der Waals surface area contributed by atoms with E-state index in [-0.39, 0.29) is 12.5 Å². The summed E-state index contributed by atoms with van der Waals surface area (Å²) < 4.78 is 10.4. The van der Waals surface area contributed by atoms with Crippen molar-refractivity contribution >= 4 is 28.3 Å². The fourth-order valence-electron chi connectivity index (χ4n) is 3.08. The molecule has 6 heteroatoms. The fraction of sp³-hybridized carbons (Fsp3) is 0.250. The van der Waals surface area contributed by atoms with Crippen molar-refractivity contribution in [3.05, 3.63) is 71.8 Å². The van der Waals surface area contributed by atoms with Crippen LogP contribution in [0.3, 0.4) is 0 Å². The standard InChI is InChI=1S/C24H26N2O4/c1-25(2)21-10-7-18(8-11-21)24(28)30-16-23(27)26(3)15-17-5-6-20-14-22(29-4)12-9-19(20)13-17/h5-14H,15-16H2,1-4H3. The van der Waals surface area contributed by atoms with Crippen LogP contribution in [0, 0.1) is 0 Å². The number of carbonyl (C=O) groups is 2. The lowest BCUT2D eigenvalue weighted by Crippen LogP contribution is -2.30. The topological polar surface area (TPSA) is 59.1 Å². The maximum absolute atomic E-state index is 12.4. The van der Waals surface area contributed by atoms with Gasteiger partial charge in [-0.3, -0.25) is 4.79 Å². The first-order valence-electron chi connectivity index (χ1n) is 9.62. The number of amides is 1. The van der Waals surface area contributed by atoms with E-state index in [1.807, 2.05) is 67.5 Å². The molecule has 0 aliphatic rings. The molecule has 0 aliphatic heterocycles. The van der Waals surface area contributed by atoms with Crippen LogP contribution in [-0.2, 0) is 16.1 Å². The number of benzene rings is 3. The van der Waals surface area contributed by atoms with E-state index >= 15 is 0 Å². The number of rotatable bonds is 7. The molecule has 0 saturated carbocycles. The fourth-order valence-corrected chi connectivity index (χ4v) is 3.08. The van der Waals surface area contributed by atoms with E-state index in [1.165, 1.54) is 0 Å². The Kier molecular flexibility index (Phi) is 6.57. The van der Waals surface area contributed by atoms with Gasteiger partial charge in [0.25, 0.3) is 5.91 Å². The Morgan fingerprint density at radius 1 is 0.867 bits per heavy atom. The average Bonchev–Trinajstić information content (AvgIpc) is 2.76. The Balaban J connectivity index is 1.56. The largest absolute Gasteiger partial charge is 0.497 e. The first-order valence-corrected chi connectivity index (χ1v) is 9.62. The van der Waals surface area contributed by atoms with Crippen LogP contribution in [0.15, 0.2) is 60.7 Å². The summed E-state index contributed by atoms with van der Waals surface area (Å²) in [6.45, 7) is 0.130. The number of likely N-dealkylation sites (N-methyl/N-ethyl adjacent to an activating group) is 1. The van der Waals surface area contributed by atoms with Gasteiger partial charge in [-0.25, -0.2) is 4.79 Å². The molecule has 0 N–H and O–H groups in total. The van der Waals surface area contributed by atoms with Crippen LogP contribution in [0.5, 0.6) is 5.75 Å². The molecule has 1 amide bonds. The molecule has 3 aromatic carbocycles. The predicted molar refractivity (Wildman–Crippen MR) is 118 cm³/mol. The maximum atomic E-state index is 12.4. The SMILES string of the molecule is COc1ccc2cc(CN(C)C(=O)COC(=O)c3ccc(N(C)C)cc3)ccc2c1. The number of methoxy groups -OCH3 is 1. The molecule has 0 spiro atoms. The van der Waals surface area contributed by atoms with Crippen molar-refractivity contribution in [3.63, 3.8) is 0 Å². The molecule has 3 rings (SSSR count). The molecule has 3 aromatic rings. The predicted octanol–water partition coefficient (Wildman–Crippen LogP) is 3.73. The van der Waals surface area contributed by atoms with Gasteiger partial charge in [-0.1, -0.05) is 18.2 Å². The molecule has 0 atom stereocenters. The quantitative estimate of drug-likeness (QED) is 0.560. The summed E-state index contributed by atoms with van der Waals surface area (Å²) in [4.78, 5) is 28.1. The molecule has 0 radical (unpaired) electrons. The van der Waals surface area contributed by atoms with Crippen molar-refractivity contribution in [2.45, 2.75) is 6.54 Å². The molecular formula is C24H26N2O4. The van der Waals surface area contributed by atoms with E-state index in [2.05, 4.69) is 0 Å². The van der Waals surface area contributed by atoms with Crippen molar-refractivity contribution in [1.29, 1.82) is 0 Å². The molecule has 0 aliphatic carbocycles. The lowest BCUT2D eigenvalue weighted by molar-refractivity contribution is -0.133. The number of ether oxygens (including phenoxy) is 2. The highest BCUT2D eigenvalue weighted by Gasteiger charge is 2.14. The number of fused-ring (bicyclic) bond motifs is 1. The molecule has 156 valence electrons. The third-order valence-corrected chi connectivity index (χ3v) is 4.90. The molecule has 0 fully saturated rings. The lowest BCUT2D eigenvalue weighted by atomic mass is 10.1.